The quantitative estimate of drug-likeness (QED) is 0.721. The molecule has 0 spiro atoms. The van der Waals surface area contributed by atoms with Gasteiger partial charge in [0.25, 0.3) is 0 Å². The van der Waals surface area contributed by atoms with Crippen molar-refractivity contribution in [2.24, 2.45) is 0 Å². The Hall–Kier alpha value is -1.84. The third-order valence-electron chi connectivity index (χ3n) is 3.08. The second kappa shape index (κ2) is 5.65. The molecule has 100 valence electrons. The van der Waals surface area contributed by atoms with Crippen molar-refractivity contribution in [2.45, 2.75) is 0 Å². The molecule has 2 aromatic carbocycles. The zero-order chi connectivity index (χ0) is 13.9. The van der Waals surface area contributed by atoms with Crippen molar-refractivity contribution < 1.29 is 0 Å². The highest BCUT2D eigenvalue weighted by Gasteiger charge is 2.09. The highest BCUT2D eigenvalue weighted by atomic mass is 35.5. The minimum atomic E-state index is 0.748. The van der Waals surface area contributed by atoms with E-state index >= 15 is 0 Å². The summed E-state index contributed by atoms with van der Waals surface area (Å²) in [6.45, 7) is 0. The summed E-state index contributed by atoms with van der Waals surface area (Å²) in [5.41, 5.74) is 4.43. The van der Waals surface area contributed by atoms with Crippen molar-refractivity contribution in [1.82, 2.24) is 4.98 Å². The number of nitrogens with one attached hydrogen (secondary N) is 1. The molecule has 3 aromatic rings. The van der Waals surface area contributed by atoms with Gasteiger partial charge in [-0.15, -0.1) is 11.3 Å². The fraction of sp³-hybridized carbons (Fsp3) is 0.0625. The minimum absolute atomic E-state index is 0.748. The van der Waals surface area contributed by atoms with Gasteiger partial charge in [-0.05, 0) is 23.3 Å². The molecule has 0 fully saturated rings. The summed E-state index contributed by atoms with van der Waals surface area (Å²) < 4.78 is 0. The Morgan fingerprint density at radius 1 is 1.00 bits per heavy atom. The SMILES string of the molecule is CNc1nc(-c2ccccc2-c2ccc(Cl)cc2)cs1. The van der Waals surface area contributed by atoms with Gasteiger partial charge in [0, 0.05) is 23.0 Å². The Bertz CT molecular complexity index is 719. The first-order valence-corrected chi connectivity index (χ1v) is 7.52. The number of benzene rings is 2. The predicted octanol–water partition coefficient (Wildman–Crippen LogP) is 5.17. The average Bonchev–Trinajstić information content (AvgIpc) is 2.97. The fourth-order valence-electron chi connectivity index (χ4n) is 2.10. The van der Waals surface area contributed by atoms with E-state index in [1.807, 2.05) is 43.4 Å². The summed E-state index contributed by atoms with van der Waals surface area (Å²) in [5, 5.41) is 6.81. The van der Waals surface area contributed by atoms with Gasteiger partial charge < -0.3 is 5.32 Å². The molecule has 0 aliphatic rings. The van der Waals surface area contributed by atoms with Crippen LogP contribution in [-0.4, -0.2) is 12.0 Å². The number of aromatic nitrogens is 1. The van der Waals surface area contributed by atoms with Gasteiger partial charge in [-0.2, -0.15) is 0 Å². The molecule has 0 atom stereocenters. The summed E-state index contributed by atoms with van der Waals surface area (Å²) >= 11 is 7.57. The maximum atomic E-state index is 5.96. The van der Waals surface area contributed by atoms with E-state index in [9.17, 15) is 0 Å². The van der Waals surface area contributed by atoms with Gasteiger partial charge in [-0.25, -0.2) is 4.98 Å². The van der Waals surface area contributed by atoms with Crippen molar-refractivity contribution >= 4 is 28.1 Å². The van der Waals surface area contributed by atoms with Crippen molar-refractivity contribution in [3.63, 3.8) is 0 Å². The molecule has 1 heterocycles. The summed E-state index contributed by atoms with van der Waals surface area (Å²) in [6.07, 6.45) is 0. The van der Waals surface area contributed by atoms with Crippen LogP contribution in [0.3, 0.4) is 0 Å². The fourth-order valence-corrected chi connectivity index (χ4v) is 2.90. The molecule has 0 saturated heterocycles. The van der Waals surface area contributed by atoms with Crippen molar-refractivity contribution in [3.05, 3.63) is 58.9 Å². The normalized spacial score (nSPS) is 10.5. The summed E-state index contributed by atoms with van der Waals surface area (Å²) in [6, 6.07) is 16.2. The summed E-state index contributed by atoms with van der Waals surface area (Å²) in [5.74, 6) is 0. The van der Waals surface area contributed by atoms with E-state index < -0.39 is 0 Å². The number of nitrogens with zero attached hydrogens (tertiary/aromatic N) is 1. The van der Waals surface area contributed by atoms with Gasteiger partial charge in [-0.1, -0.05) is 48.0 Å². The van der Waals surface area contributed by atoms with Gasteiger partial charge in [0.2, 0.25) is 0 Å². The molecule has 0 radical (unpaired) electrons. The smallest absolute Gasteiger partial charge is 0.182 e. The zero-order valence-corrected chi connectivity index (χ0v) is 12.5. The predicted molar refractivity (Wildman–Crippen MR) is 87.5 cm³/mol. The lowest BCUT2D eigenvalue weighted by Gasteiger charge is -2.07. The maximum Gasteiger partial charge on any atom is 0.182 e. The largest absolute Gasteiger partial charge is 0.365 e. The first-order chi connectivity index (χ1) is 9.78. The number of hydrogen-bond donors (Lipinski definition) is 1. The van der Waals surface area contributed by atoms with Gasteiger partial charge in [-0.3, -0.25) is 0 Å². The Morgan fingerprint density at radius 2 is 1.70 bits per heavy atom. The first-order valence-electron chi connectivity index (χ1n) is 6.26. The third-order valence-corrected chi connectivity index (χ3v) is 4.19. The minimum Gasteiger partial charge on any atom is -0.365 e. The highest BCUT2D eigenvalue weighted by molar-refractivity contribution is 7.14. The van der Waals surface area contributed by atoms with Crippen LogP contribution in [0.15, 0.2) is 53.9 Å². The third kappa shape index (κ3) is 2.55. The molecule has 0 unspecified atom stereocenters. The Balaban J connectivity index is 2.10. The molecule has 0 saturated carbocycles. The molecule has 0 bridgehead atoms. The molecular formula is C16H13ClN2S. The maximum absolute atomic E-state index is 5.96. The van der Waals surface area contributed by atoms with E-state index in [0.717, 1.165) is 32.5 Å². The standard InChI is InChI=1S/C16H13ClN2S/c1-18-16-19-15(10-20-16)14-5-3-2-4-13(14)11-6-8-12(17)9-7-11/h2-10H,1H3,(H,18,19). The van der Waals surface area contributed by atoms with Crippen LogP contribution in [0.4, 0.5) is 5.13 Å². The van der Waals surface area contributed by atoms with Crippen LogP contribution in [0.1, 0.15) is 0 Å². The van der Waals surface area contributed by atoms with Crippen LogP contribution in [0.2, 0.25) is 5.02 Å². The second-order valence-corrected chi connectivity index (χ2v) is 5.63. The topological polar surface area (TPSA) is 24.9 Å². The number of hydrogen-bond acceptors (Lipinski definition) is 3. The number of rotatable bonds is 3. The number of thiazole rings is 1. The number of anilines is 1. The molecule has 0 amide bonds. The molecule has 0 aliphatic carbocycles. The highest BCUT2D eigenvalue weighted by Crippen LogP contribution is 2.33. The van der Waals surface area contributed by atoms with E-state index in [2.05, 4.69) is 27.8 Å². The van der Waals surface area contributed by atoms with Gasteiger partial charge in [0.15, 0.2) is 5.13 Å². The lowest BCUT2D eigenvalue weighted by Crippen LogP contribution is -1.88. The second-order valence-electron chi connectivity index (χ2n) is 4.34. The Labute approximate surface area is 127 Å². The molecular weight excluding hydrogens is 288 g/mol. The Kier molecular flexibility index (Phi) is 3.72. The summed E-state index contributed by atoms with van der Waals surface area (Å²) in [4.78, 5) is 4.58. The van der Waals surface area contributed by atoms with Crippen LogP contribution < -0.4 is 5.32 Å². The molecule has 2 nitrogen and oxygen atoms in total. The Morgan fingerprint density at radius 3 is 2.35 bits per heavy atom. The lowest BCUT2D eigenvalue weighted by molar-refractivity contribution is 1.36. The molecule has 1 aromatic heterocycles. The van der Waals surface area contributed by atoms with E-state index in [0.29, 0.717) is 0 Å². The van der Waals surface area contributed by atoms with Gasteiger partial charge in [0.05, 0.1) is 5.69 Å². The van der Waals surface area contributed by atoms with Crippen molar-refractivity contribution in [1.29, 1.82) is 0 Å². The molecule has 1 N–H and O–H groups in total. The van der Waals surface area contributed by atoms with E-state index in [-0.39, 0.29) is 0 Å². The lowest BCUT2D eigenvalue weighted by atomic mass is 9.98. The van der Waals surface area contributed by atoms with Crippen molar-refractivity contribution in [2.75, 3.05) is 12.4 Å². The van der Waals surface area contributed by atoms with Crippen LogP contribution in [0.5, 0.6) is 0 Å². The van der Waals surface area contributed by atoms with Gasteiger partial charge in [0.1, 0.15) is 0 Å². The van der Waals surface area contributed by atoms with E-state index in [4.69, 9.17) is 11.6 Å². The monoisotopic (exact) mass is 300 g/mol. The zero-order valence-electron chi connectivity index (χ0n) is 10.9. The van der Waals surface area contributed by atoms with Crippen LogP contribution in [0, 0.1) is 0 Å². The van der Waals surface area contributed by atoms with Gasteiger partial charge >= 0.3 is 0 Å². The van der Waals surface area contributed by atoms with Crippen molar-refractivity contribution in [3.8, 4) is 22.4 Å². The average molecular weight is 301 g/mol. The molecule has 3 rings (SSSR count). The van der Waals surface area contributed by atoms with E-state index in [1.54, 1.807) is 11.3 Å². The summed E-state index contributed by atoms with van der Waals surface area (Å²) in [7, 11) is 1.88. The van der Waals surface area contributed by atoms with Crippen LogP contribution >= 0.6 is 22.9 Å². The van der Waals surface area contributed by atoms with E-state index in [1.165, 1.54) is 0 Å². The molecule has 20 heavy (non-hydrogen) atoms. The molecule has 0 aliphatic heterocycles. The first kappa shape index (κ1) is 13.2. The van der Waals surface area contributed by atoms with Crippen LogP contribution in [-0.2, 0) is 0 Å². The van der Waals surface area contributed by atoms with Crippen LogP contribution in [0.25, 0.3) is 22.4 Å². The number of halogens is 1. The molecule has 4 heteroatoms.